The lowest BCUT2D eigenvalue weighted by Crippen LogP contribution is -2.62. The maximum Gasteiger partial charge on any atom is 0.141 e. The minimum atomic E-state index is -0.256. The molecule has 106 valence electrons. The van der Waals surface area contributed by atoms with Crippen molar-refractivity contribution in [1.29, 1.82) is 0 Å². The molecular weight excluding hydrogens is 241 g/mol. The monoisotopic (exact) mass is 265 g/mol. The fourth-order valence-corrected chi connectivity index (χ4v) is 2.80. The van der Waals surface area contributed by atoms with Crippen LogP contribution >= 0.6 is 0 Å². The molecule has 2 heterocycles. The number of pyridine rings is 1. The van der Waals surface area contributed by atoms with Crippen LogP contribution in [0.2, 0.25) is 0 Å². The van der Waals surface area contributed by atoms with Gasteiger partial charge in [0, 0.05) is 37.4 Å². The first-order valence-electron chi connectivity index (χ1n) is 6.96. The van der Waals surface area contributed by atoms with Crippen molar-refractivity contribution in [3.8, 4) is 0 Å². The van der Waals surface area contributed by atoms with Gasteiger partial charge in [0.15, 0.2) is 0 Å². The topological polar surface area (TPSA) is 28.2 Å². The third-order valence-corrected chi connectivity index (χ3v) is 3.77. The zero-order chi connectivity index (χ0) is 14.0. The number of nitrogens with zero attached hydrogens (tertiary/aromatic N) is 2. The second-order valence-corrected chi connectivity index (χ2v) is 6.49. The highest BCUT2D eigenvalue weighted by atomic mass is 19.1. The van der Waals surface area contributed by atoms with Crippen molar-refractivity contribution in [3.63, 3.8) is 0 Å². The number of hydrogen-bond donors (Lipinski definition) is 1. The summed E-state index contributed by atoms with van der Waals surface area (Å²) in [6.07, 6.45) is 3.01. The van der Waals surface area contributed by atoms with E-state index in [4.69, 9.17) is 0 Å². The van der Waals surface area contributed by atoms with Crippen molar-refractivity contribution in [2.75, 3.05) is 13.1 Å². The number of rotatable bonds is 3. The number of hydrogen-bond acceptors (Lipinski definition) is 3. The molecule has 4 heteroatoms. The minimum Gasteiger partial charge on any atom is -0.309 e. The molecule has 1 aliphatic rings. The SMILES string of the molecule is CC(C)C1CNC(C)(C)CN1Cc1cncc(F)c1. The minimum absolute atomic E-state index is 0.103. The summed E-state index contributed by atoms with van der Waals surface area (Å²) in [6, 6.07) is 2.07. The molecule has 1 aliphatic heterocycles. The van der Waals surface area contributed by atoms with E-state index in [-0.39, 0.29) is 11.4 Å². The van der Waals surface area contributed by atoms with Crippen LogP contribution in [0.5, 0.6) is 0 Å². The van der Waals surface area contributed by atoms with E-state index in [0.29, 0.717) is 12.0 Å². The third-order valence-electron chi connectivity index (χ3n) is 3.77. The van der Waals surface area contributed by atoms with Gasteiger partial charge in [-0.05, 0) is 31.4 Å². The normalized spacial score (nSPS) is 23.8. The summed E-state index contributed by atoms with van der Waals surface area (Å²) in [5, 5.41) is 3.59. The zero-order valence-corrected chi connectivity index (χ0v) is 12.3. The van der Waals surface area contributed by atoms with Gasteiger partial charge in [0.2, 0.25) is 0 Å². The van der Waals surface area contributed by atoms with Crippen molar-refractivity contribution in [1.82, 2.24) is 15.2 Å². The summed E-state index contributed by atoms with van der Waals surface area (Å²) >= 11 is 0. The molecule has 1 fully saturated rings. The molecule has 2 rings (SSSR count). The van der Waals surface area contributed by atoms with Crippen molar-refractivity contribution in [3.05, 3.63) is 29.8 Å². The molecule has 1 unspecified atom stereocenters. The quantitative estimate of drug-likeness (QED) is 0.910. The molecular formula is C15H24FN3. The average molecular weight is 265 g/mol. The van der Waals surface area contributed by atoms with Gasteiger partial charge in [-0.1, -0.05) is 13.8 Å². The standard InChI is InChI=1S/C15H24FN3/c1-11(2)14-8-18-15(3,4)10-19(14)9-12-5-13(16)7-17-6-12/h5-7,11,14,18H,8-10H2,1-4H3. The average Bonchev–Trinajstić information content (AvgIpc) is 2.27. The number of nitrogens with one attached hydrogen (secondary N) is 1. The lowest BCUT2D eigenvalue weighted by Gasteiger charge is -2.46. The fourth-order valence-electron chi connectivity index (χ4n) is 2.80. The van der Waals surface area contributed by atoms with Crippen LogP contribution in [-0.2, 0) is 6.54 Å². The lowest BCUT2D eigenvalue weighted by atomic mass is 9.93. The third kappa shape index (κ3) is 3.74. The van der Waals surface area contributed by atoms with Crippen LogP contribution in [0.25, 0.3) is 0 Å². The van der Waals surface area contributed by atoms with Gasteiger partial charge in [-0.3, -0.25) is 9.88 Å². The van der Waals surface area contributed by atoms with Gasteiger partial charge in [-0.2, -0.15) is 0 Å². The van der Waals surface area contributed by atoms with Gasteiger partial charge in [-0.15, -0.1) is 0 Å². The summed E-state index contributed by atoms with van der Waals surface area (Å²) < 4.78 is 13.2. The van der Waals surface area contributed by atoms with Crippen molar-refractivity contribution >= 4 is 0 Å². The van der Waals surface area contributed by atoms with Crippen LogP contribution in [-0.4, -0.2) is 34.6 Å². The summed E-state index contributed by atoms with van der Waals surface area (Å²) in [5.41, 5.74) is 1.05. The zero-order valence-electron chi connectivity index (χ0n) is 12.3. The van der Waals surface area contributed by atoms with E-state index in [9.17, 15) is 4.39 Å². The summed E-state index contributed by atoms with van der Waals surface area (Å²) in [7, 11) is 0. The molecule has 1 saturated heterocycles. The lowest BCUT2D eigenvalue weighted by molar-refractivity contribution is 0.0626. The van der Waals surface area contributed by atoms with E-state index >= 15 is 0 Å². The van der Waals surface area contributed by atoms with Crippen LogP contribution in [0.3, 0.4) is 0 Å². The molecule has 1 aromatic rings. The highest BCUT2D eigenvalue weighted by Crippen LogP contribution is 2.22. The first-order valence-corrected chi connectivity index (χ1v) is 6.96. The predicted molar refractivity (Wildman–Crippen MR) is 75.3 cm³/mol. The summed E-state index contributed by atoms with van der Waals surface area (Å²) in [4.78, 5) is 6.38. The molecule has 1 atom stereocenters. The van der Waals surface area contributed by atoms with E-state index in [0.717, 1.165) is 25.2 Å². The maximum atomic E-state index is 13.2. The number of aromatic nitrogens is 1. The Hall–Kier alpha value is -1.00. The Balaban J connectivity index is 2.13. The fraction of sp³-hybridized carbons (Fsp3) is 0.667. The first kappa shape index (κ1) is 14.4. The molecule has 1 aromatic heterocycles. The molecule has 0 bridgehead atoms. The van der Waals surface area contributed by atoms with E-state index in [1.54, 1.807) is 12.3 Å². The Bertz CT molecular complexity index is 431. The van der Waals surface area contributed by atoms with Crippen molar-refractivity contribution < 1.29 is 4.39 Å². The van der Waals surface area contributed by atoms with E-state index < -0.39 is 0 Å². The van der Waals surface area contributed by atoms with Crippen LogP contribution < -0.4 is 5.32 Å². The number of piperazine rings is 1. The van der Waals surface area contributed by atoms with Gasteiger partial charge in [0.25, 0.3) is 0 Å². The predicted octanol–water partition coefficient (Wildman–Crippen LogP) is 2.43. The molecule has 19 heavy (non-hydrogen) atoms. The number of halogens is 1. The highest BCUT2D eigenvalue weighted by molar-refractivity contribution is 5.11. The molecule has 0 spiro atoms. The van der Waals surface area contributed by atoms with Crippen LogP contribution in [0.1, 0.15) is 33.3 Å². The highest BCUT2D eigenvalue weighted by Gasteiger charge is 2.33. The van der Waals surface area contributed by atoms with Gasteiger partial charge >= 0.3 is 0 Å². The van der Waals surface area contributed by atoms with Crippen LogP contribution in [0.15, 0.2) is 18.5 Å². The Morgan fingerprint density at radius 3 is 2.84 bits per heavy atom. The van der Waals surface area contributed by atoms with Gasteiger partial charge in [0.1, 0.15) is 5.82 Å². The Morgan fingerprint density at radius 1 is 1.47 bits per heavy atom. The maximum absolute atomic E-state index is 13.2. The second-order valence-electron chi connectivity index (χ2n) is 6.49. The van der Waals surface area contributed by atoms with Crippen LogP contribution in [0.4, 0.5) is 4.39 Å². The first-order chi connectivity index (χ1) is 8.87. The summed E-state index contributed by atoms with van der Waals surface area (Å²) in [6.45, 7) is 11.6. The largest absolute Gasteiger partial charge is 0.309 e. The summed E-state index contributed by atoms with van der Waals surface area (Å²) in [5.74, 6) is 0.318. The van der Waals surface area contributed by atoms with E-state index in [1.165, 1.54) is 6.20 Å². The molecule has 1 N–H and O–H groups in total. The second kappa shape index (κ2) is 5.55. The molecule has 0 amide bonds. The van der Waals surface area contributed by atoms with E-state index in [2.05, 4.69) is 42.9 Å². The molecule has 3 nitrogen and oxygen atoms in total. The molecule has 0 aliphatic carbocycles. The Labute approximate surface area is 115 Å². The molecule has 0 radical (unpaired) electrons. The van der Waals surface area contributed by atoms with Crippen LogP contribution in [0, 0.1) is 11.7 Å². The Kier molecular flexibility index (Phi) is 4.21. The molecule has 0 aromatic carbocycles. The smallest absolute Gasteiger partial charge is 0.141 e. The van der Waals surface area contributed by atoms with Gasteiger partial charge in [-0.25, -0.2) is 4.39 Å². The van der Waals surface area contributed by atoms with Crippen molar-refractivity contribution in [2.24, 2.45) is 5.92 Å². The van der Waals surface area contributed by atoms with Gasteiger partial charge < -0.3 is 5.32 Å². The molecule has 0 saturated carbocycles. The van der Waals surface area contributed by atoms with Crippen molar-refractivity contribution in [2.45, 2.75) is 45.8 Å². The van der Waals surface area contributed by atoms with E-state index in [1.807, 2.05) is 0 Å². The van der Waals surface area contributed by atoms with Gasteiger partial charge in [0.05, 0.1) is 6.20 Å². The Morgan fingerprint density at radius 2 is 2.21 bits per heavy atom.